The second-order valence-electron chi connectivity index (χ2n) is 5.58. The predicted octanol–water partition coefficient (Wildman–Crippen LogP) is 3.79. The highest BCUT2D eigenvalue weighted by molar-refractivity contribution is 5.32. The first-order valence-corrected chi connectivity index (χ1v) is 7.59. The molecule has 2 heteroatoms. The maximum Gasteiger partial charge on any atom is 0.0593 e. The summed E-state index contributed by atoms with van der Waals surface area (Å²) >= 11 is 0. The molecule has 2 nitrogen and oxygen atoms in total. The van der Waals surface area contributed by atoms with Crippen LogP contribution in [0.5, 0.6) is 0 Å². The minimum Gasteiger partial charge on any atom is -0.380 e. The largest absolute Gasteiger partial charge is 0.380 e. The summed E-state index contributed by atoms with van der Waals surface area (Å²) in [6.07, 6.45) is 1.02. The Kier molecular flexibility index (Phi) is 6.45. The molecule has 0 fully saturated rings. The van der Waals surface area contributed by atoms with Gasteiger partial charge >= 0.3 is 0 Å². The van der Waals surface area contributed by atoms with Crippen molar-refractivity contribution in [3.05, 3.63) is 71.8 Å². The van der Waals surface area contributed by atoms with Gasteiger partial charge in [-0.2, -0.15) is 0 Å². The average molecular weight is 283 g/mol. The van der Waals surface area contributed by atoms with Crippen LogP contribution in [0.4, 0.5) is 0 Å². The molecule has 0 N–H and O–H groups in total. The zero-order chi connectivity index (χ0) is 14.9. The molecule has 0 atom stereocenters. The van der Waals surface area contributed by atoms with Gasteiger partial charge < -0.3 is 9.64 Å². The van der Waals surface area contributed by atoms with E-state index in [1.165, 1.54) is 11.1 Å². The summed E-state index contributed by atoms with van der Waals surface area (Å²) in [6, 6.07) is 21.4. The molecule has 0 radical (unpaired) electrons. The fraction of sp³-hybridized carbons (Fsp3) is 0.368. The second-order valence-corrected chi connectivity index (χ2v) is 5.58. The number of benzene rings is 2. The van der Waals surface area contributed by atoms with Crippen LogP contribution in [-0.2, 0) is 4.74 Å². The highest BCUT2D eigenvalue weighted by Gasteiger charge is 2.13. The van der Waals surface area contributed by atoms with Crippen LogP contribution in [0.25, 0.3) is 0 Å². The van der Waals surface area contributed by atoms with Crippen LogP contribution in [0, 0.1) is 0 Å². The monoisotopic (exact) mass is 283 g/mol. The van der Waals surface area contributed by atoms with Gasteiger partial charge in [0, 0.05) is 19.1 Å². The van der Waals surface area contributed by atoms with Crippen LogP contribution in [0.3, 0.4) is 0 Å². The van der Waals surface area contributed by atoms with Crippen molar-refractivity contribution in [2.45, 2.75) is 12.3 Å². The Balaban J connectivity index is 1.97. The van der Waals surface area contributed by atoms with Gasteiger partial charge in [0.25, 0.3) is 0 Å². The van der Waals surface area contributed by atoms with Crippen LogP contribution in [0.2, 0.25) is 0 Å². The van der Waals surface area contributed by atoms with Gasteiger partial charge in [-0.15, -0.1) is 0 Å². The van der Waals surface area contributed by atoms with Gasteiger partial charge in [0.15, 0.2) is 0 Å². The van der Waals surface area contributed by atoms with Gasteiger partial charge in [-0.25, -0.2) is 0 Å². The van der Waals surface area contributed by atoms with E-state index in [1.807, 2.05) is 0 Å². The van der Waals surface area contributed by atoms with Crippen molar-refractivity contribution in [3.63, 3.8) is 0 Å². The van der Waals surface area contributed by atoms with Crippen molar-refractivity contribution < 1.29 is 4.74 Å². The van der Waals surface area contributed by atoms with Crippen molar-refractivity contribution in [1.82, 2.24) is 4.90 Å². The summed E-state index contributed by atoms with van der Waals surface area (Å²) in [5.74, 6) is 0.409. The molecule has 0 aliphatic heterocycles. The lowest BCUT2D eigenvalue weighted by molar-refractivity contribution is 0.113. The molecule has 0 unspecified atom stereocenters. The van der Waals surface area contributed by atoms with Gasteiger partial charge in [0.1, 0.15) is 0 Å². The lowest BCUT2D eigenvalue weighted by Crippen LogP contribution is -2.18. The first-order valence-electron chi connectivity index (χ1n) is 7.59. The van der Waals surface area contributed by atoms with Gasteiger partial charge in [0.05, 0.1) is 6.61 Å². The van der Waals surface area contributed by atoms with Crippen molar-refractivity contribution >= 4 is 0 Å². The van der Waals surface area contributed by atoms with E-state index in [2.05, 4.69) is 79.7 Å². The van der Waals surface area contributed by atoms with Crippen LogP contribution in [-0.4, -0.2) is 38.8 Å². The van der Waals surface area contributed by atoms with E-state index in [-0.39, 0.29) is 0 Å². The number of ether oxygens (including phenoxy) is 1. The maximum atomic E-state index is 5.78. The third kappa shape index (κ3) is 5.33. The summed E-state index contributed by atoms with van der Waals surface area (Å²) in [5.41, 5.74) is 2.72. The Bertz CT molecular complexity index is 456. The summed E-state index contributed by atoms with van der Waals surface area (Å²) in [5, 5.41) is 0. The quantitative estimate of drug-likeness (QED) is 0.684. The van der Waals surface area contributed by atoms with Crippen molar-refractivity contribution in [3.8, 4) is 0 Å². The molecule has 0 aliphatic carbocycles. The Hall–Kier alpha value is -1.64. The van der Waals surface area contributed by atoms with Crippen LogP contribution < -0.4 is 0 Å². The Labute approximate surface area is 128 Å². The molecule has 2 rings (SSSR count). The summed E-state index contributed by atoms with van der Waals surface area (Å²) < 4.78 is 5.78. The lowest BCUT2D eigenvalue weighted by Gasteiger charge is -2.18. The first kappa shape index (κ1) is 15.7. The summed E-state index contributed by atoms with van der Waals surface area (Å²) in [4.78, 5) is 2.14. The number of rotatable bonds is 8. The SMILES string of the molecule is CN(C)CCOCCC(c1ccccc1)c1ccccc1. The third-order valence-electron chi connectivity index (χ3n) is 3.64. The highest BCUT2D eigenvalue weighted by atomic mass is 16.5. The van der Waals surface area contributed by atoms with Gasteiger partial charge in [0.2, 0.25) is 0 Å². The molecule has 0 aliphatic rings. The average Bonchev–Trinajstić information content (AvgIpc) is 2.52. The van der Waals surface area contributed by atoms with Gasteiger partial charge in [-0.1, -0.05) is 60.7 Å². The van der Waals surface area contributed by atoms with E-state index in [0.29, 0.717) is 5.92 Å². The Morgan fingerprint density at radius 2 is 1.33 bits per heavy atom. The summed E-state index contributed by atoms with van der Waals surface area (Å²) in [7, 11) is 4.14. The van der Waals surface area contributed by atoms with E-state index in [4.69, 9.17) is 4.74 Å². The fourth-order valence-electron chi connectivity index (χ4n) is 2.45. The van der Waals surface area contributed by atoms with Crippen molar-refractivity contribution in [2.75, 3.05) is 33.9 Å². The van der Waals surface area contributed by atoms with Gasteiger partial charge in [-0.05, 0) is 31.6 Å². The summed E-state index contributed by atoms with van der Waals surface area (Å²) in [6.45, 7) is 2.56. The molecule has 112 valence electrons. The highest BCUT2D eigenvalue weighted by Crippen LogP contribution is 2.27. The normalized spacial score (nSPS) is 11.2. The Morgan fingerprint density at radius 1 is 0.810 bits per heavy atom. The zero-order valence-electron chi connectivity index (χ0n) is 13.0. The smallest absolute Gasteiger partial charge is 0.0593 e. The fourth-order valence-corrected chi connectivity index (χ4v) is 2.45. The molecular weight excluding hydrogens is 258 g/mol. The number of likely N-dealkylation sites (N-methyl/N-ethyl adjacent to an activating group) is 1. The number of nitrogens with zero attached hydrogens (tertiary/aromatic N) is 1. The van der Waals surface area contributed by atoms with Crippen molar-refractivity contribution in [1.29, 1.82) is 0 Å². The second kappa shape index (κ2) is 8.60. The van der Waals surface area contributed by atoms with Crippen molar-refractivity contribution in [2.24, 2.45) is 0 Å². The molecule has 0 bridgehead atoms. The van der Waals surface area contributed by atoms with E-state index in [0.717, 1.165) is 26.2 Å². The van der Waals surface area contributed by atoms with Crippen LogP contribution in [0.1, 0.15) is 23.5 Å². The molecule has 0 amide bonds. The van der Waals surface area contributed by atoms with Crippen LogP contribution >= 0.6 is 0 Å². The topological polar surface area (TPSA) is 12.5 Å². The van der Waals surface area contributed by atoms with E-state index in [1.54, 1.807) is 0 Å². The molecule has 2 aromatic carbocycles. The molecule has 0 saturated heterocycles. The molecule has 0 heterocycles. The molecule has 2 aromatic rings. The number of hydrogen-bond donors (Lipinski definition) is 0. The van der Waals surface area contributed by atoms with E-state index < -0.39 is 0 Å². The molecule has 0 saturated carbocycles. The standard InChI is InChI=1S/C19H25NO/c1-20(2)14-16-21-15-13-19(17-9-5-3-6-10-17)18-11-7-4-8-12-18/h3-12,19H,13-16H2,1-2H3. The maximum absolute atomic E-state index is 5.78. The Morgan fingerprint density at radius 3 is 1.81 bits per heavy atom. The number of hydrogen-bond acceptors (Lipinski definition) is 2. The third-order valence-corrected chi connectivity index (χ3v) is 3.64. The van der Waals surface area contributed by atoms with Crippen LogP contribution in [0.15, 0.2) is 60.7 Å². The minimum atomic E-state index is 0.409. The van der Waals surface area contributed by atoms with E-state index in [9.17, 15) is 0 Å². The van der Waals surface area contributed by atoms with Gasteiger partial charge in [-0.3, -0.25) is 0 Å². The van der Waals surface area contributed by atoms with E-state index >= 15 is 0 Å². The molecule has 21 heavy (non-hydrogen) atoms. The molecular formula is C19H25NO. The predicted molar refractivity (Wildman–Crippen MR) is 88.7 cm³/mol. The lowest BCUT2D eigenvalue weighted by atomic mass is 9.89. The zero-order valence-corrected chi connectivity index (χ0v) is 13.0. The minimum absolute atomic E-state index is 0.409. The molecule has 0 spiro atoms. The molecule has 0 aromatic heterocycles. The first-order chi connectivity index (χ1) is 10.3.